The topological polar surface area (TPSA) is 65.5 Å². The first-order chi connectivity index (χ1) is 17.9. The van der Waals surface area contributed by atoms with E-state index in [4.69, 9.17) is 0 Å². The molecule has 2 fully saturated rings. The van der Waals surface area contributed by atoms with Crippen LogP contribution in [0.2, 0.25) is 0 Å². The first-order valence-electron chi connectivity index (χ1n) is 14.3. The van der Waals surface area contributed by atoms with Gasteiger partial charge in [0, 0.05) is 55.2 Å². The van der Waals surface area contributed by atoms with Crippen molar-refractivity contribution < 1.29 is 9.59 Å². The standard InChI is InChI=1S/C31H42N4O2/c1-21-18-27(19-22(2)32-21)35-16-14-26(15-17-35)34(3)31(37)25-10-9-24-11-12-29(28(24)20-25)33-30(36)13-8-23-6-4-5-7-23/h9-10,18-20,23,26,29H,4-8,11-17H2,1-3H3,(H,33,36). The third-order valence-corrected chi connectivity index (χ3v) is 8.82. The number of nitrogens with zero attached hydrogens (tertiary/aromatic N) is 3. The van der Waals surface area contributed by atoms with Gasteiger partial charge >= 0.3 is 0 Å². The Kier molecular flexibility index (Phi) is 7.82. The Labute approximate surface area is 221 Å². The van der Waals surface area contributed by atoms with E-state index in [2.05, 4.69) is 33.4 Å². The van der Waals surface area contributed by atoms with Gasteiger partial charge in [-0.05, 0) is 87.3 Å². The molecule has 3 aliphatic rings. The number of fused-ring (bicyclic) bond motifs is 1. The lowest BCUT2D eigenvalue weighted by Gasteiger charge is -2.38. The van der Waals surface area contributed by atoms with Gasteiger partial charge in [0.15, 0.2) is 0 Å². The maximum Gasteiger partial charge on any atom is 0.253 e. The molecule has 0 radical (unpaired) electrons. The van der Waals surface area contributed by atoms with E-state index in [0.717, 1.165) is 73.6 Å². The Morgan fingerprint density at radius 2 is 1.70 bits per heavy atom. The minimum Gasteiger partial charge on any atom is -0.371 e. The SMILES string of the molecule is Cc1cc(N2CCC(N(C)C(=O)c3ccc4c(c3)C(NC(=O)CCC3CCCC3)CC4)CC2)cc(C)n1. The molecule has 1 aromatic carbocycles. The van der Waals surface area contributed by atoms with Crippen molar-refractivity contribution in [3.63, 3.8) is 0 Å². The molecular weight excluding hydrogens is 460 g/mol. The second kappa shape index (κ2) is 11.2. The van der Waals surface area contributed by atoms with Crippen molar-refractivity contribution in [1.29, 1.82) is 0 Å². The number of piperidine rings is 1. The lowest BCUT2D eigenvalue weighted by molar-refractivity contribution is -0.122. The summed E-state index contributed by atoms with van der Waals surface area (Å²) in [5, 5.41) is 3.27. The number of aryl methyl sites for hydroxylation is 3. The number of carbonyl (C=O) groups excluding carboxylic acids is 2. The number of hydrogen-bond donors (Lipinski definition) is 1. The molecule has 1 saturated heterocycles. The normalized spacial score (nSPS) is 20.2. The first-order valence-corrected chi connectivity index (χ1v) is 14.3. The van der Waals surface area contributed by atoms with Crippen LogP contribution in [0, 0.1) is 19.8 Å². The number of anilines is 1. The molecule has 1 N–H and O–H groups in total. The Morgan fingerprint density at radius 1 is 1.00 bits per heavy atom. The van der Waals surface area contributed by atoms with Crippen molar-refractivity contribution in [2.24, 2.45) is 5.92 Å². The lowest BCUT2D eigenvalue weighted by atomic mass is 9.99. The van der Waals surface area contributed by atoms with Crippen LogP contribution in [0.3, 0.4) is 0 Å². The summed E-state index contributed by atoms with van der Waals surface area (Å²) in [5.74, 6) is 0.964. The number of nitrogens with one attached hydrogen (secondary N) is 1. The molecule has 0 spiro atoms. The quantitative estimate of drug-likeness (QED) is 0.542. The van der Waals surface area contributed by atoms with Crippen LogP contribution in [0.4, 0.5) is 5.69 Å². The van der Waals surface area contributed by atoms with Gasteiger partial charge in [0.2, 0.25) is 5.91 Å². The van der Waals surface area contributed by atoms with Crippen molar-refractivity contribution in [3.8, 4) is 0 Å². The van der Waals surface area contributed by atoms with Crippen LogP contribution < -0.4 is 10.2 Å². The van der Waals surface area contributed by atoms with E-state index >= 15 is 0 Å². The summed E-state index contributed by atoms with van der Waals surface area (Å²) in [4.78, 5) is 35.0. The Balaban J connectivity index is 1.18. The predicted octanol–water partition coefficient (Wildman–Crippen LogP) is 5.51. The van der Waals surface area contributed by atoms with Crippen LogP contribution in [0.15, 0.2) is 30.3 Å². The zero-order valence-corrected chi connectivity index (χ0v) is 22.8. The number of amides is 2. The van der Waals surface area contributed by atoms with Crippen LogP contribution >= 0.6 is 0 Å². The van der Waals surface area contributed by atoms with Crippen LogP contribution in [0.25, 0.3) is 0 Å². The third-order valence-electron chi connectivity index (χ3n) is 8.82. The van der Waals surface area contributed by atoms with Crippen LogP contribution in [0.5, 0.6) is 0 Å². The molecule has 5 rings (SSSR count). The molecule has 2 aromatic rings. The van der Waals surface area contributed by atoms with Gasteiger partial charge < -0.3 is 15.1 Å². The summed E-state index contributed by atoms with van der Waals surface area (Å²) in [5.41, 5.74) is 6.44. The number of carbonyl (C=O) groups is 2. The fraction of sp³-hybridized carbons (Fsp3) is 0.581. The molecule has 198 valence electrons. The van der Waals surface area contributed by atoms with Gasteiger partial charge in [-0.3, -0.25) is 14.6 Å². The summed E-state index contributed by atoms with van der Waals surface area (Å²) in [6.07, 6.45) is 10.6. The van der Waals surface area contributed by atoms with Gasteiger partial charge in [-0.15, -0.1) is 0 Å². The van der Waals surface area contributed by atoms with E-state index in [9.17, 15) is 9.59 Å². The van der Waals surface area contributed by atoms with Gasteiger partial charge in [-0.25, -0.2) is 0 Å². The van der Waals surface area contributed by atoms with Crippen molar-refractivity contribution in [2.45, 2.75) is 90.1 Å². The molecule has 1 aliphatic heterocycles. The van der Waals surface area contributed by atoms with E-state index < -0.39 is 0 Å². The highest BCUT2D eigenvalue weighted by Gasteiger charge is 2.29. The fourth-order valence-corrected chi connectivity index (χ4v) is 6.66. The van der Waals surface area contributed by atoms with E-state index in [1.807, 2.05) is 37.9 Å². The van der Waals surface area contributed by atoms with Gasteiger partial charge in [0.05, 0.1) is 6.04 Å². The number of benzene rings is 1. The van der Waals surface area contributed by atoms with E-state index in [1.54, 1.807) is 0 Å². The largest absolute Gasteiger partial charge is 0.371 e. The van der Waals surface area contributed by atoms with Crippen molar-refractivity contribution in [3.05, 3.63) is 58.4 Å². The van der Waals surface area contributed by atoms with Crippen LogP contribution in [-0.4, -0.2) is 47.9 Å². The minimum atomic E-state index is 0.0275. The van der Waals surface area contributed by atoms with Gasteiger partial charge in [-0.2, -0.15) is 0 Å². The third kappa shape index (κ3) is 6.00. The predicted molar refractivity (Wildman–Crippen MR) is 148 cm³/mol. The smallest absolute Gasteiger partial charge is 0.253 e. The average Bonchev–Trinajstić information content (AvgIpc) is 3.56. The van der Waals surface area contributed by atoms with Crippen molar-refractivity contribution in [2.75, 3.05) is 25.0 Å². The Morgan fingerprint density at radius 3 is 2.41 bits per heavy atom. The molecule has 0 bridgehead atoms. The highest BCUT2D eigenvalue weighted by atomic mass is 16.2. The highest BCUT2D eigenvalue weighted by Crippen LogP contribution is 2.33. The van der Waals surface area contributed by atoms with Gasteiger partial charge in [0.25, 0.3) is 5.91 Å². The monoisotopic (exact) mass is 502 g/mol. The summed E-state index contributed by atoms with van der Waals surface area (Å²) in [6, 6.07) is 10.7. The zero-order chi connectivity index (χ0) is 25.9. The molecule has 37 heavy (non-hydrogen) atoms. The van der Waals surface area contributed by atoms with E-state index in [0.29, 0.717) is 6.42 Å². The van der Waals surface area contributed by atoms with Gasteiger partial charge in [0.1, 0.15) is 0 Å². The number of pyridine rings is 1. The van der Waals surface area contributed by atoms with Crippen molar-refractivity contribution >= 4 is 17.5 Å². The first kappa shape index (κ1) is 25.7. The number of aromatic nitrogens is 1. The molecule has 2 heterocycles. The Bertz CT molecular complexity index is 1110. The molecular formula is C31H42N4O2. The molecule has 2 aliphatic carbocycles. The lowest BCUT2D eigenvalue weighted by Crippen LogP contribution is -2.45. The maximum absolute atomic E-state index is 13.5. The molecule has 1 saturated carbocycles. The summed E-state index contributed by atoms with van der Waals surface area (Å²) >= 11 is 0. The van der Waals surface area contributed by atoms with E-state index in [-0.39, 0.29) is 23.9 Å². The molecule has 1 unspecified atom stereocenters. The summed E-state index contributed by atoms with van der Waals surface area (Å²) in [6.45, 7) is 5.95. The summed E-state index contributed by atoms with van der Waals surface area (Å²) < 4.78 is 0. The fourth-order valence-electron chi connectivity index (χ4n) is 6.66. The molecule has 2 amide bonds. The number of rotatable bonds is 7. The highest BCUT2D eigenvalue weighted by molar-refractivity contribution is 5.94. The minimum absolute atomic E-state index is 0.0275. The molecule has 1 atom stereocenters. The molecule has 6 nitrogen and oxygen atoms in total. The van der Waals surface area contributed by atoms with Crippen LogP contribution in [0.1, 0.15) is 96.7 Å². The Hall–Kier alpha value is -2.89. The zero-order valence-electron chi connectivity index (χ0n) is 22.8. The van der Waals surface area contributed by atoms with Crippen LogP contribution in [-0.2, 0) is 11.2 Å². The summed E-state index contributed by atoms with van der Waals surface area (Å²) in [7, 11) is 1.94. The second-order valence-electron chi connectivity index (χ2n) is 11.5. The average molecular weight is 503 g/mol. The van der Waals surface area contributed by atoms with Crippen molar-refractivity contribution in [1.82, 2.24) is 15.2 Å². The maximum atomic E-state index is 13.5. The van der Waals surface area contributed by atoms with Gasteiger partial charge in [-0.1, -0.05) is 31.7 Å². The van der Waals surface area contributed by atoms with E-state index in [1.165, 1.54) is 36.9 Å². The number of hydrogen-bond acceptors (Lipinski definition) is 4. The molecule has 6 heteroatoms. The second-order valence-corrected chi connectivity index (χ2v) is 11.5. The molecule has 1 aromatic heterocycles.